The van der Waals surface area contributed by atoms with E-state index >= 15 is 0 Å². The van der Waals surface area contributed by atoms with Crippen LogP contribution in [-0.4, -0.2) is 27.4 Å². The fourth-order valence-electron chi connectivity index (χ4n) is 1.47. The molecule has 0 aliphatic rings. The maximum absolute atomic E-state index is 5.81. The van der Waals surface area contributed by atoms with Gasteiger partial charge in [0.05, 0.1) is 0 Å². The summed E-state index contributed by atoms with van der Waals surface area (Å²) in [6, 6.07) is 0. The lowest BCUT2D eigenvalue weighted by molar-refractivity contribution is -0.0876. The van der Waals surface area contributed by atoms with Crippen LogP contribution >= 0.6 is 0 Å². The Hall–Kier alpha value is 0.452. The fourth-order valence-corrected chi connectivity index (χ4v) is 2.30. The largest absolute Gasteiger partial charge is 0.478 e. The van der Waals surface area contributed by atoms with Gasteiger partial charge in [-0.2, -0.15) is 0 Å². The van der Waals surface area contributed by atoms with Crippen LogP contribution < -0.4 is 0 Å². The average Bonchev–Trinajstić information content (AvgIpc) is 2.17. The highest BCUT2D eigenvalue weighted by Crippen LogP contribution is 2.08. The third kappa shape index (κ3) is 10.7. The van der Waals surface area contributed by atoms with Gasteiger partial charge in [0, 0.05) is 6.61 Å². The molecule has 0 fully saturated rings. The highest BCUT2D eigenvalue weighted by molar-refractivity contribution is 6.48. The van der Waals surface area contributed by atoms with Crippen LogP contribution in [0.5, 0.6) is 0 Å². The molecule has 0 saturated carbocycles. The van der Waals surface area contributed by atoms with Gasteiger partial charge in [-0.05, 0) is 12.8 Å². The van der Waals surface area contributed by atoms with Crippen molar-refractivity contribution in [3.8, 4) is 0 Å². The summed E-state index contributed by atoms with van der Waals surface area (Å²) in [6.07, 6.45) is 7.32. The van der Waals surface area contributed by atoms with Gasteiger partial charge in [-0.15, -0.1) is 0 Å². The van der Waals surface area contributed by atoms with Crippen molar-refractivity contribution in [1.82, 2.24) is 0 Å². The molecule has 0 rings (SSSR count). The molecule has 0 bridgehead atoms. The first-order chi connectivity index (χ1) is 7.20. The van der Waals surface area contributed by atoms with E-state index in [0.29, 0.717) is 0 Å². The molecule has 15 heavy (non-hydrogen) atoms. The first-order valence-electron chi connectivity index (χ1n) is 6.47. The van der Waals surface area contributed by atoms with E-state index in [1.54, 1.807) is 0 Å². The van der Waals surface area contributed by atoms with Gasteiger partial charge in [-0.25, -0.2) is 0 Å². The zero-order chi connectivity index (χ0) is 11.5. The van der Waals surface area contributed by atoms with E-state index in [2.05, 4.69) is 25.4 Å². The molecule has 0 aromatic heterocycles. The fraction of sp³-hybridized carbons (Fsp3) is 1.00. The van der Waals surface area contributed by atoms with Gasteiger partial charge in [-0.1, -0.05) is 51.1 Å². The SMILES string of the molecule is CCCCCCOC(CCC)[O][Al]([CH3])[CH3]. The summed E-state index contributed by atoms with van der Waals surface area (Å²) in [5, 5.41) is 0. The van der Waals surface area contributed by atoms with Crippen LogP contribution in [0.3, 0.4) is 0 Å². The molecule has 0 radical (unpaired) electrons. The predicted octanol–water partition coefficient (Wildman–Crippen LogP) is 3.98. The highest BCUT2D eigenvalue weighted by atomic mass is 27.2. The maximum atomic E-state index is 5.81. The first-order valence-corrected chi connectivity index (χ1v) is 9.25. The van der Waals surface area contributed by atoms with E-state index in [9.17, 15) is 0 Å². The second-order valence-corrected chi connectivity index (χ2v) is 6.70. The van der Waals surface area contributed by atoms with Gasteiger partial charge in [0.15, 0.2) is 0 Å². The summed E-state index contributed by atoms with van der Waals surface area (Å²) in [6.45, 7) is 5.28. The predicted molar refractivity (Wildman–Crippen MR) is 67.4 cm³/mol. The Morgan fingerprint density at radius 3 is 2.27 bits per heavy atom. The second kappa shape index (κ2) is 11.0. The standard InChI is InChI=1S/C10H21O2.2CH3.Al/c1-3-5-6-7-9-12-10(11)8-4-2;;;/h10H,3-9H2,1-2H3;2*1H3;/q-1;;;+1. The highest BCUT2D eigenvalue weighted by Gasteiger charge is 2.13. The summed E-state index contributed by atoms with van der Waals surface area (Å²) < 4.78 is 11.6. The van der Waals surface area contributed by atoms with Crippen molar-refractivity contribution < 1.29 is 8.53 Å². The lowest BCUT2D eigenvalue weighted by Gasteiger charge is -2.20. The smallest absolute Gasteiger partial charge is 0.455 e. The Balaban J connectivity index is 3.47. The number of unbranched alkanes of at least 4 members (excludes halogenated alkanes) is 3. The molecule has 2 nitrogen and oxygen atoms in total. The van der Waals surface area contributed by atoms with Crippen LogP contribution in [0, 0.1) is 0 Å². The van der Waals surface area contributed by atoms with Crippen LogP contribution in [-0.2, 0) is 8.53 Å². The minimum Gasteiger partial charge on any atom is -0.478 e. The van der Waals surface area contributed by atoms with E-state index in [1.165, 1.54) is 25.7 Å². The van der Waals surface area contributed by atoms with Crippen molar-refractivity contribution in [3.63, 3.8) is 0 Å². The van der Waals surface area contributed by atoms with Crippen molar-refractivity contribution in [2.24, 2.45) is 0 Å². The molecule has 1 atom stereocenters. The summed E-state index contributed by atoms with van der Waals surface area (Å²) in [7, 11) is 0. The summed E-state index contributed by atoms with van der Waals surface area (Å²) in [4.78, 5) is 0. The minimum atomic E-state index is -0.950. The Morgan fingerprint density at radius 2 is 1.73 bits per heavy atom. The van der Waals surface area contributed by atoms with Gasteiger partial charge in [0.2, 0.25) is 0 Å². The van der Waals surface area contributed by atoms with Crippen molar-refractivity contribution in [2.45, 2.75) is 70.2 Å². The molecule has 0 spiro atoms. The average molecular weight is 230 g/mol. The molecule has 0 aromatic carbocycles. The van der Waals surface area contributed by atoms with Crippen LogP contribution in [0.4, 0.5) is 0 Å². The zero-order valence-corrected chi connectivity index (χ0v) is 12.1. The molecule has 0 aliphatic carbocycles. The first kappa shape index (κ1) is 15.5. The third-order valence-corrected chi connectivity index (χ3v) is 3.10. The van der Waals surface area contributed by atoms with E-state index in [-0.39, 0.29) is 6.29 Å². The van der Waals surface area contributed by atoms with Crippen molar-refractivity contribution in [2.75, 3.05) is 6.61 Å². The molecule has 0 aliphatic heterocycles. The van der Waals surface area contributed by atoms with Gasteiger partial charge < -0.3 is 8.53 Å². The molecule has 90 valence electrons. The normalized spacial score (nSPS) is 12.8. The second-order valence-electron chi connectivity index (χ2n) is 4.33. The number of rotatable bonds is 10. The molecular formula is C12H27AlO2. The van der Waals surface area contributed by atoms with Crippen LogP contribution in [0.2, 0.25) is 11.6 Å². The van der Waals surface area contributed by atoms with Gasteiger partial charge in [0.1, 0.15) is 6.29 Å². The Bertz CT molecular complexity index is 129. The van der Waals surface area contributed by atoms with E-state index in [1.807, 2.05) is 0 Å². The lowest BCUT2D eigenvalue weighted by atomic mass is 10.2. The maximum Gasteiger partial charge on any atom is 0.455 e. The number of ether oxygens (including phenoxy) is 1. The van der Waals surface area contributed by atoms with E-state index in [4.69, 9.17) is 8.53 Å². The molecule has 1 unspecified atom stereocenters. The Kier molecular flexibility index (Phi) is 11.3. The quantitative estimate of drug-likeness (QED) is 0.321. The van der Waals surface area contributed by atoms with Gasteiger partial charge in [-0.3, -0.25) is 0 Å². The van der Waals surface area contributed by atoms with Gasteiger partial charge in [0.25, 0.3) is 0 Å². The minimum absolute atomic E-state index is 0.0725. The van der Waals surface area contributed by atoms with Crippen molar-refractivity contribution in [3.05, 3.63) is 0 Å². The molecule has 0 aromatic rings. The van der Waals surface area contributed by atoms with Crippen molar-refractivity contribution in [1.29, 1.82) is 0 Å². The topological polar surface area (TPSA) is 18.5 Å². The molecule has 0 N–H and O–H groups in total. The monoisotopic (exact) mass is 230 g/mol. The molecule has 3 heteroatoms. The van der Waals surface area contributed by atoms with E-state index < -0.39 is 14.5 Å². The van der Waals surface area contributed by atoms with Crippen LogP contribution in [0.1, 0.15) is 52.4 Å². The molecule has 0 saturated heterocycles. The van der Waals surface area contributed by atoms with E-state index in [0.717, 1.165) is 19.4 Å². The molecular weight excluding hydrogens is 203 g/mol. The summed E-state index contributed by atoms with van der Waals surface area (Å²) in [5.74, 6) is 4.40. The Morgan fingerprint density at radius 1 is 1.00 bits per heavy atom. The lowest BCUT2D eigenvalue weighted by Crippen LogP contribution is -2.24. The zero-order valence-electron chi connectivity index (χ0n) is 10.9. The number of hydrogen-bond acceptors (Lipinski definition) is 2. The summed E-state index contributed by atoms with van der Waals surface area (Å²) in [5.41, 5.74) is 0. The number of hydrogen-bond donors (Lipinski definition) is 0. The molecule has 0 heterocycles. The Labute approximate surface area is 100 Å². The third-order valence-electron chi connectivity index (χ3n) is 2.25. The van der Waals surface area contributed by atoms with Crippen molar-refractivity contribution >= 4 is 14.5 Å². The van der Waals surface area contributed by atoms with Gasteiger partial charge >= 0.3 is 14.5 Å². The summed E-state index contributed by atoms with van der Waals surface area (Å²) >= 11 is -0.950. The molecule has 0 amide bonds. The van der Waals surface area contributed by atoms with Crippen LogP contribution in [0.25, 0.3) is 0 Å². The van der Waals surface area contributed by atoms with Crippen LogP contribution in [0.15, 0.2) is 0 Å².